The fourth-order valence-corrected chi connectivity index (χ4v) is 2.59. The van der Waals surface area contributed by atoms with E-state index in [0.717, 1.165) is 17.9 Å². The molecule has 2 heterocycles. The van der Waals surface area contributed by atoms with Gasteiger partial charge in [0, 0.05) is 18.3 Å². The number of rotatable bonds is 3. The number of hydrogen-bond donors (Lipinski definition) is 0. The SMILES string of the molecule is Cc1ccc(-c2nc3ccc(C)cn3c2CN(C)C)cc1. The monoisotopic (exact) mass is 279 g/mol. The molecule has 0 unspecified atom stereocenters. The second kappa shape index (κ2) is 5.34. The molecule has 0 spiro atoms. The van der Waals surface area contributed by atoms with Gasteiger partial charge in [-0.05, 0) is 39.6 Å². The topological polar surface area (TPSA) is 20.5 Å². The van der Waals surface area contributed by atoms with Crippen molar-refractivity contribution in [2.75, 3.05) is 14.1 Å². The Labute approximate surface area is 125 Å². The highest BCUT2D eigenvalue weighted by atomic mass is 15.1. The summed E-state index contributed by atoms with van der Waals surface area (Å²) in [4.78, 5) is 7.03. The molecule has 3 heteroatoms. The first-order chi connectivity index (χ1) is 10.0. The zero-order valence-corrected chi connectivity index (χ0v) is 13.1. The van der Waals surface area contributed by atoms with Crippen molar-refractivity contribution in [3.63, 3.8) is 0 Å². The quantitative estimate of drug-likeness (QED) is 0.729. The van der Waals surface area contributed by atoms with Crippen LogP contribution in [0.5, 0.6) is 0 Å². The lowest BCUT2D eigenvalue weighted by molar-refractivity contribution is 0.396. The summed E-state index contributed by atoms with van der Waals surface area (Å²) in [6.07, 6.45) is 2.17. The Morgan fingerprint density at radius 2 is 1.62 bits per heavy atom. The number of pyridine rings is 1. The predicted octanol–water partition coefficient (Wildman–Crippen LogP) is 3.68. The van der Waals surface area contributed by atoms with E-state index in [0.29, 0.717) is 0 Å². The second-order valence-corrected chi connectivity index (χ2v) is 5.95. The molecule has 3 aromatic rings. The molecule has 108 valence electrons. The van der Waals surface area contributed by atoms with Crippen molar-refractivity contribution in [1.29, 1.82) is 0 Å². The van der Waals surface area contributed by atoms with Gasteiger partial charge < -0.3 is 9.30 Å². The van der Waals surface area contributed by atoms with Gasteiger partial charge in [-0.1, -0.05) is 35.9 Å². The van der Waals surface area contributed by atoms with Gasteiger partial charge in [-0.2, -0.15) is 0 Å². The van der Waals surface area contributed by atoms with Crippen molar-refractivity contribution in [3.05, 3.63) is 59.4 Å². The fourth-order valence-electron chi connectivity index (χ4n) is 2.59. The normalized spacial score (nSPS) is 11.5. The minimum atomic E-state index is 0.869. The molecule has 0 aliphatic heterocycles. The second-order valence-electron chi connectivity index (χ2n) is 5.95. The van der Waals surface area contributed by atoms with Gasteiger partial charge in [-0.25, -0.2) is 4.98 Å². The predicted molar refractivity (Wildman–Crippen MR) is 87.5 cm³/mol. The molecule has 0 amide bonds. The van der Waals surface area contributed by atoms with E-state index in [1.54, 1.807) is 0 Å². The Balaban J connectivity index is 2.22. The van der Waals surface area contributed by atoms with E-state index in [4.69, 9.17) is 4.98 Å². The molecule has 0 aliphatic carbocycles. The molecule has 3 rings (SSSR count). The van der Waals surface area contributed by atoms with Gasteiger partial charge >= 0.3 is 0 Å². The van der Waals surface area contributed by atoms with Gasteiger partial charge in [-0.15, -0.1) is 0 Å². The molecule has 1 aromatic carbocycles. The lowest BCUT2D eigenvalue weighted by Crippen LogP contribution is -2.13. The molecule has 2 aromatic heterocycles. The molecular formula is C18H21N3. The van der Waals surface area contributed by atoms with E-state index in [2.05, 4.69) is 79.8 Å². The van der Waals surface area contributed by atoms with E-state index in [-0.39, 0.29) is 0 Å². The van der Waals surface area contributed by atoms with Gasteiger partial charge in [-0.3, -0.25) is 0 Å². The average molecular weight is 279 g/mol. The van der Waals surface area contributed by atoms with Crippen LogP contribution in [0.15, 0.2) is 42.6 Å². The van der Waals surface area contributed by atoms with Crippen LogP contribution < -0.4 is 0 Å². The number of fused-ring (bicyclic) bond motifs is 1. The summed E-state index contributed by atoms with van der Waals surface area (Å²) in [5.41, 5.74) is 7.02. The standard InChI is InChI=1S/C18H21N3/c1-13-5-8-15(9-6-13)18-16(12-20(3)4)21-11-14(2)7-10-17(21)19-18/h5-11H,12H2,1-4H3. The molecule has 21 heavy (non-hydrogen) atoms. The zero-order chi connectivity index (χ0) is 15.0. The van der Waals surface area contributed by atoms with Crippen LogP contribution in [0.4, 0.5) is 0 Å². The first-order valence-corrected chi connectivity index (χ1v) is 7.24. The molecule has 3 nitrogen and oxygen atoms in total. The van der Waals surface area contributed by atoms with Gasteiger partial charge in [0.2, 0.25) is 0 Å². The lowest BCUT2D eigenvalue weighted by Gasteiger charge is -2.12. The van der Waals surface area contributed by atoms with E-state index in [1.807, 2.05) is 0 Å². The van der Waals surface area contributed by atoms with E-state index < -0.39 is 0 Å². The molecule has 0 saturated heterocycles. The van der Waals surface area contributed by atoms with Crippen molar-refractivity contribution in [3.8, 4) is 11.3 Å². The summed E-state index contributed by atoms with van der Waals surface area (Å²) < 4.78 is 2.21. The van der Waals surface area contributed by atoms with Gasteiger partial charge in [0.1, 0.15) is 5.65 Å². The summed E-state index contributed by atoms with van der Waals surface area (Å²) >= 11 is 0. The highest BCUT2D eigenvalue weighted by Gasteiger charge is 2.14. The molecule has 0 saturated carbocycles. The third-order valence-corrected chi connectivity index (χ3v) is 3.66. The summed E-state index contributed by atoms with van der Waals surface area (Å²) in [5, 5.41) is 0. The zero-order valence-electron chi connectivity index (χ0n) is 13.1. The van der Waals surface area contributed by atoms with Gasteiger partial charge in [0.25, 0.3) is 0 Å². The maximum Gasteiger partial charge on any atom is 0.137 e. The van der Waals surface area contributed by atoms with Crippen LogP contribution in [0.25, 0.3) is 16.9 Å². The maximum atomic E-state index is 4.84. The average Bonchev–Trinajstić information content (AvgIpc) is 2.77. The third kappa shape index (κ3) is 2.69. The lowest BCUT2D eigenvalue weighted by atomic mass is 10.1. The molecule has 0 radical (unpaired) electrons. The smallest absolute Gasteiger partial charge is 0.137 e. The molecule has 0 N–H and O–H groups in total. The number of imidazole rings is 1. The van der Waals surface area contributed by atoms with E-state index in [1.165, 1.54) is 22.4 Å². The summed E-state index contributed by atoms with van der Waals surface area (Å²) in [6.45, 7) is 5.09. The fraction of sp³-hybridized carbons (Fsp3) is 0.278. The van der Waals surface area contributed by atoms with Crippen molar-refractivity contribution >= 4 is 5.65 Å². The van der Waals surface area contributed by atoms with Crippen molar-refractivity contribution in [2.45, 2.75) is 20.4 Å². The minimum Gasteiger partial charge on any atom is -0.304 e. The molecule has 0 fully saturated rings. The van der Waals surface area contributed by atoms with E-state index in [9.17, 15) is 0 Å². The number of aryl methyl sites for hydroxylation is 2. The molecule has 0 bridgehead atoms. The Morgan fingerprint density at radius 3 is 2.29 bits per heavy atom. The van der Waals surface area contributed by atoms with Crippen LogP contribution in [0.2, 0.25) is 0 Å². The highest BCUT2D eigenvalue weighted by Crippen LogP contribution is 2.26. The van der Waals surface area contributed by atoms with Crippen molar-refractivity contribution < 1.29 is 0 Å². The van der Waals surface area contributed by atoms with Crippen LogP contribution in [0.1, 0.15) is 16.8 Å². The molecule has 0 atom stereocenters. The first-order valence-electron chi connectivity index (χ1n) is 7.24. The summed E-state index contributed by atoms with van der Waals surface area (Å²) in [6, 6.07) is 12.8. The van der Waals surface area contributed by atoms with Gasteiger partial charge in [0.15, 0.2) is 0 Å². The van der Waals surface area contributed by atoms with Crippen LogP contribution in [-0.4, -0.2) is 28.4 Å². The first kappa shape index (κ1) is 13.8. The summed E-state index contributed by atoms with van der Waals surface area (Å²) in [7, 11) is 4.18. The summed E-state index contributed by atoms with van der Waals surface area (Å²) in [5.74, 6) is 0. The van der Waals surface area contributed by atoms with E-state index >= 15 is 0 Å². The number of aromatic nitrogens is 2. The van der Waals surface area contributed by atoms with Crippen molar-refractivity contribution in [1.82, 2.24) is 14.3 Å². The van der Waals surface area contributed by atoms with Gasteiger partial charge in [0.05, 0.1) is 11.4 Å². The highest BCUT2D eigenvalue weighted by molar-refractivity contribution is 5.67. The number of hydrogen-bond acceptors (Lipinski definition) is 2. The Hall–Kier alpha value is -2.13. The number of benzene rings is 1. The van der Waals surface area contributed by atoms with Crippen LogP contribution in [0.3, 0.4) is 0 Å². The number of nitrogens with zero attached hydrogens (tertiary/aromatic N) is 3. The Morgan fingerprint density at radius 1 is 0.952 bits per heavy atom. The molecular weight excluding hydrogens is 258 g/mol. The maximum absolute atomic E-state index is 4.84. The minimum absolute atomic E-state index is 0.869. The Kier molecular flexibility index (Phi) is 3.52. The third-order valence-electron chi connectivity index (χ3n) is 3.66. The van der Waals surface area contributed by atoms with Crippen molar-refractivity contribution in [2.24, 2.45) is 0 Å². The largest absolute Gasteiger partial charge is 0.304 e. The molecule has 0 aliphatic rings. The van der Waals surface area contributed by atoms with Crippen LogP contribution >= 0.6 is 0 Å². The van der Waals surface area contributed by atoms with Crippen LogP contribution in [-0.2, 0) is 6.54 Å². The Bertz CT molecular complexity index is 767. The van der Waals surface area contributed by atoms with Crippen LogP contribution in [0, 0.1) is 13.8 Å².